The van der Waals surface area contributed by atoms with Gasteiger partial charge in [0.2, 0.25) is 0 Å². The predicted molar refractivity (Wildman–Crippen MR) is 96.2 cm³/mol. The number of methoxy groups -OCH3 is 2. The molecule has 0 aromatic heterocycles. The largest absolute Gasteiger partial charge is 0.493 e. The van der Waals surface area contributed by atoms with E-state index in [9.17, 15) is 22.8 Å². The quantitative estimate of drug-likeness (QED) is 0.758. The maximum Gasteiger partial charge on any atom is 0.416 e. The summed E-state index contributed by atoms with van der Waals surface area (Å²) in [5, 5.41) is 4.64. The van der Waals surface area contributed by atoms with E-state index in [1.165, 1.54) is 20.3 Å². The number of ether oxygens (including phenoxy) is 2. The highest BCUT2D eigenvalue weighted by atomic mass is 19.4. The van der Waals surface area contributed by atoms with Crippen molar-refractivity contribution < 1.29 is 32.2 Å². The van der Waals surface area contributed by atoms with E-state index in [1.807, 2.05) is 0 Å². The first-order chi connectivity index (χ1) is 13.2. The lowest BCUT2D eigenvalue weighted by atomic mass is 10.1. The molecule has 0 aliphatic rings. The molecule has 0 aliphatic heterocycles. The zero-order valence-corrected chi connectivity index (χ0v) is 15.4. The standard InChI is InChI=1S/C19H19F3N2O4/c1-11(12-7-8-15(27-2)16(9-12)28-3)23-17(25)18(26)24-14-6-4-5-13(10-14)19(20,21)22/h4-11H,1-3H3,(H,23,25)(H,24,26). The van der Waals surface area contributed by atoms with Crippen LogP contribution in [0.3, 0.4) is 0 Å². The highest BCUT2D eigenvalue weighted by Crippen LogP contribution is 2.31. The van der Waals surface area contributed by atoms with Crippen molar-refractivity contribution in [3.8, 4) is 11.5 Å². The van der Waals surface area contributed by atoms with Crippen LogP contribution in [0.25, 0.3) is 0 Å². The minimum atomic E-state index is -4.55. The second-order valence-electron chi connectivity index (χ2n) is 5.84. The van der Waals surface area contributed by atoms with Crippen LogP contribution in [0.5, 0.6) is 11.5 Å². The summed E-state index contributed by atoms with van der Waals surface area (Å²) in [5.41, 5.74) is -0.406. The van der Waals surface area contributed by atoms with Gasteiger partial charge in [-0.1, -0.05) is 12.1 Å². The molecule has 0 bridgehead atoms. The third-order valence-corrected chi connectivity index (χ3v) is 3.91. The molecule has 0 radical (unpaired) electrons. The lowest BCUT2D eigenvalue weighted by molar-refractivity contribution is -0.137. The fourth-order valence-corrected chi connectivity index (χ4v) is 2.43. The zero-order valence-electron chi connectivity index (χ0n) is 15.4. The minimum Gasteiger partial charge on any atom is -0.493 e. The van der Waals surface area contributed by atoms with Gasteiger partial charge in [-0.2, -0.15) is 13.2 Å². The summed E-state index contributed by atoms with van der Waals surface area (Å²) >= 11 is 0. The average molecular weight is 396 g/mol. The number of amides is 2. The number of benzene rings is 2. The molecule has 6 nitrogen and oxygen atoms in total. The predicted octanol–water partition coefficient (Wildman–Crippen LogP) is 3.54. The van der Waals surface area contributed by atoms with Crippen LogP contribution in [0.2, 0.25) is 0 Å². The first kappa shape index (κ1) is 21.1. The minimum absolute atomic E-state index is 0.131. The van der Waals surface area contributed by atoms with Gasteiger partial charge in [0.1, 0.15) is 0 Å². The molecule has 2 aromatic carbocycles. The molecule has 28 heavy (non-hydrogen) atoms. The summed E-state index contributed by atoms with van der Waals surface area (Å²) in [4.78, 5) is 24.1. The number of rotatable bonds is 5. The van der Waals surface area contributed by atoms with E-state index in [4.69, 9.17) is 9.47 Å². The number of halogens is 3. The lowest BCUT2D eigenvalue weighted by Gasteiger charge is -2.16. The summed E-state index contributed by atoms with van der Waals surface area (Å²) in [6, 6.07) is 8.46. The van der Waals surface area contributed by atoms with Gasteiger partial charge in [-0.15, -0.1) is 0 Å². The van der Waals surface area contributed by atoms with Gasteiger partial charge in [-0.05, 0) is 42.8 Å². The number of carbonyl (C=O) groups is 2. The van der Waals surface area contributed by atoms with Crippen molar-refractivity contribution in [2.45, 2.75) is 19.1 Å². The van der Waals surface area contributed by atoms with Gasteiger partial charge in [0.25, 0.3) is 0 Å². The third kappa shape index (κ3) is 5.15. The van der Waals surface area contributed by atoms with Crippen molar-refractivity contribution in [2.24, 2.45) is 0 Å². The molecule has 2 aromatic rings. The Morgan fingerprint density at radius 3 is 2.25 bits per heavy atom. The van der Waals surface area contributed by atoms with E-state index < -0.39 is 29.6 Å². The molecule has 1 atom stereocenters. The lowest BCUT2D eigenvalue weighted by Crippen LogP contribution is -2.36. The monoisotopic (exact) mass is 396 g/mol. The molecule has 1 unspecified atom stereocenters. The van der Waals surface area contributed by atoms with Crippen molar-refractivity contribution in [3.05, 3.63) is 53.6 Å². The fraction of sp³-hybridized carbons (Fsp3) is 0.263. The molecule has 2 rings (SSSR count). The molecule has 0 saturated heterocycles. The van der Waals surface area contributed by atoms with E-state index in [0.717, 1.165) is 18.2 Å². The molecule has 0 aliphatic carbocycles. The van der Waals surface area contributed by atoms with Crippen LogP contribution >= 0.6 is 0 Å². The van der Waals surface area contributed by atoms with Crippen LogP contribution in [0.1, 0.15) is 24.1 Å². The summed E-state index contributed by atoms with van der Waals surface area (Å²) in [5.74, 6) is -1.10. The maximum atomic E-state index is 12.7. The molecule has 0 heterocycles. The Bertz CT molecular complexity index is 868. The van der Waals surface area contributed by atoms with Gasteiger partial charge in [0.05, 0.1) is 25.8 Å². The topological polar surface area (TPSA) is 76.7 Å². The molecule has 0 spiro atoms. The summed E-state index contributed by atoms with van der Waals surface area (Å²) in [7, 11) is 2.95. The SMILES string of the molecule is COc1ccc(C(C)NC(=O)C(=O)Nc2cccc(C(F)(F)F)c2)cc1OC. The molecule has 150 valence electrons. The van der Waals surface area contributed by atoms with E-state index >= 15 is 0 Å². The Kier molecular flexibility index (Phi) is 6.50. The molecular formula is C19H19F3N2O4. The van der Waals surface area contributed by atoms with Crippen LogP contribution in [0.15, 0.2) is 42.5 Å². The molecule has 0 saturated carbocycles. The Balaban J connectivity index is 2.05. The van der Waals surface area contributed by atoms with Crippen molar-refractivity contribution in [1.82, 2.24) is 5.32 Å². The number of alkyl halides is 3. The smallest absolute Gasteiger partial charge is 0.416 e. The Labute approximate surface area is 159 Å². The van der Waals surface area contributed by atoms with Crippen LogP contribution in [-0.2, 0) is 15.8 Å². The van der Waals surface area contributed by atoms with Gasteiger partial charge < -0.3 is 20.1 Å². The van der Waals surface area contributed by atoms with Crippen LogP contribution < -0.4 is 20.1 Å². The second kappa shape index (κ2) is 8.64. The number of nitrogens with one attached hydrogen (secondary N) is 2. The summed E-state index contributed by atoms with van der Waals surface area (Å²) in [6.45, 7) is 1.65. The summed E-state index contributed by atoms with van der Waals surface area (Å²) in [6.07, 6.45) is -4.55. The van der Waals surface area contributed by atoms with Crippen molar-refractivity contribution in [1.29, 1.82) is 0 Å². The van der Waals surface area contributed by atoms with Crippen LogP contribution in [0.4, 0.5) is 18.9 Å². The Hall–Kier alpha value is -3.23. The Morgan fingerprint density at radius 1 is 0.964 bits per heavy atom. The van der Waals surface area contributed by atoms with Gasteiger partial charge in [-0.25, -0.2) is 0 Å². The van der Waals surface area contributed by atoms with Gasteiger partial charge in [0, 0.05) is 5.69 Å². The number of carbonyl (C=O) groups excluding carboxylic acids is 2. The number of anilines is 1. The Morgan fingerprint density at radius 2 is 1.64 bits per heavy atom. The van der Waals surface area contributed by atoms with Crippen LogP contribution in [0, 0.1) is 0 Å². The maximum absolute atomic E-state index is 12.7. The molecule has 2 amide bonds. The van der Waals surface area contributed by atoms with E-state index in [-0.39, 0.29) is 5.69 Å². The molecular weight excluding hydrogens is 377 g/mol. The van der Waals surface area contributed by atoms with Crippen LogP contribution in [-0.4, -0.2) is 26.0 Å². The van der Waals surface area contributed by atoms with E-state index in [2.05, 4.69) is 10.6 Å². The fourth-order valence-electron chi connectivity index (χ4n) is 2.43. The van der Waals surface area contributed by atoms with Crippen molar-refractivity contribution in [3.63, 3.8) is 0 Å². The first-order valence-corrected chi connectivity index (χ1v) is 8.16. The number of hydrogen-bond acceptors (Lipinski definition) is 4. The molecule has 9 heteroatoms. The van der Waals surface area contributed by atoms with Crippen molar-refractivity contribution in [2.75, 3.05) is 19.5 Å². The van der Waals surface area contributed by atoms with E-state index in [1.54, 1.807) is 25.1 Å². The molecule has 2 N–H and O–H groups in total. The van der Waals surface area contributed by atoms with Gasteiger partial charge in [-0.3, -0.25) is 9.59 Å². The normalized spacial score (nSPS) is 12.1. The van der Waals surface area contributed by atoms with Crippen molar-refractivity contribution >= 4 is 17.5 Å². The highest BCUT2D eigenvalue weighted by molar-refractivity contribution is 6.39. The number of hydrogen-bond donors (Lipinski definition) is 2. The first-order valence-electron chi connectivity index (χ1n) is 8.16. The molecule has 0 fully saturated rings. The highest BCUT2D eigenvalue weighted by Gasteiger charge is 2.30. The van der Waals surface area contributed by atoms with Gasteiger partial charge >= 0.3 is 18.0 Å². The second-order valence-corrected chi connectivity index (χ2v) is 5.84. The van der Waals surface area contributed by atoms with E-state index in [0.29, 0.717) is 17.1 Å². The van der Waals surface area contributed by atoms with Gasteiger partial charge in [0.15, 0.2) is 11.5 Å². The zero-order chi connectivity index (χ0) is 20.9. The average Bonchev–Trinajstić information content (AvgIpc) is 2.66. The third-order valence-electron chi connectivity index (χ3n) is 3.91. The summed E-state index contributed by atoms with van der Waals surface area (Å²) < 4.78 is 48.5.